The average Bonchev–Trinajstić information content (AvgIpc) is 2.95. The fraction of sp³-hybridized carbons (Fsp3) is 0.545. The smallest absolute Gasteiger partial charge is 0.318 e. The van der Waals surface area contributed by atoms with E-state index < -0.39 is 33.8 Å². The van der Waals surface area contributed by atoms with E-state index in [0.29, 0.717) is 11.4 Å². The number of hydrogen-bond donors (Lipinski definition) is 0. The summed E-state index contributed by atoms with van der Waals surface area (Å²) in [4.78, 5) is 26.9. The number of carbonyl (C=O) groups is 2. The van der Waals surface area contributed by atoms with Gasteiger partial charge >= 0.3 is 11.9 Å². The number of ether oxygens (including phenoxy) is 1. The number of piperidine rings is 1. The van der Waals surface area contributed by atoms with Crippen molar-refractivity contribution in [2.45, 2.75) is 17.6 Å². The highest BCUT2D eigenvalue weighted by molar-refractivity contribution is 7.91. The van der Waals surface area contributed by atoms with Gasteiger partial charge in [-0.3, -0.25) is 9.59 Å². The summed E-state index contributed by atoms with van der Waals surface area (Å²) < 4.78 is 30.8. The number of cyclic esters (lactones) is 2. The van der Waals surface area contributed by atoms with Crippen molar-refractivity contribution in [2.24, 2.45) is 11.8 Å². The summed E-state index contributed by atoms with van der Waals surface area (Å²) in [5.74, 6) is -2.34. The van der Waals surface area contributed by atoms with E-state index in [4.69, 9.17) is 0 Å². The van der Waals surface area contributed by atoms with Gasteiger partial charge in [-0.15, -0.1) is 11.3 Å². The fourth-order valence-electron chi connectivity index (χ4n) is 2.50. The van der Waals surface area contributed by atoms with Crippen LogP contribution in [0.3, 0.4) is 0 Å². The summed E-state index contributed by atoms with van der Waals surface area (Å²) in [6, 6.07) is 0. The molecule has 7 nitrogen and oxygen atoms in total. The maximum Gasteiger partial charge on any atom is 0.318 e. The second-order valence-electron chi connectivity index (χ2n) is 4.80. The normalized spacial score (nSPS) is 27.4. The van der Waals surface area contributed by atoms with Gasteiger partial charge < -0.3 is 4.74 Å². The SMILES string of the molecule is Cc1ncc(S(=O)(=O)N2CCC3C(=O)OC(=O)C3C2)s1. The molecule has 2 aliphatic rings. The van der Waals surface area contributed by atoms with Gasteiger partial charge in [0.05, 0.1) is 23.0 Å². The maximum atomic E-state index is 12.4. The number of esters is 2. The Kier molecular flexibility index (Phi) is 3.14. The molecule has 2 atom stereocenters. The number of thiazole rings is 1. The molecule has 0 aliphatic carbocycles. The first-order valence-corrected chi connectivity index (χ1v) is 8.33. The number of carbonyl (C=O) groups excluding carboxylic acids is 2. The first kappa shape index (κ1) is 13.7. The first-order chi connectivity index (χ1) is 9.39. The van der Waals surface area contributed by atoms with Crippen LogP contribution >= 0.6 is 11.3 Å². The van der Waals surface area contributed by atoms with Crippen molar-refractivity contribution < 1.29 is 22.7 Å². The van der Waals surface area contributed by atoms with Gasteiger partial charge in [-0.05, 0) is 13.3 Å². The van der Waals surface area contributed by atoms with Crippen molar-refractivity contribution in [1.82, 2.24) is 9.29 Å². The van der Waals surface area contributed by atoms with Gasteiger partial charge in [0, 0.05) is 13.1 Å². The second-order valence-corrected chi connectivity index (χ2v) is 8.20. The van der Waals surface area contributed by atoms with E-state index in [1.54, 1.807) is 6.92 Å². The number of sulfonamides is 1. The van der Waals surface area contributed by atoms with E-state index in [1.165, 1.54) is 10.5 Å². The highest BCUT2D eigenvalue weighted by atomic mass is 32.2. The number of aromatic nitrogens is 1. The molecule has 3 heterocycles. The Hall–Kier alpha value is -1.32. The van der Waals surface area contributed by atoms with Gasteiger partial charge in [-0.25, -0.2) is 13.4 Å². The molecular weight excluding hydrogens is 304 g/mol. The number of fused-ring (bicyclic) bond motifs is 1. The van der Waals surface area contributed by atoms with Gasteiger partial charge in [-0.2, -0.15) is 4.31 Å². The molecule has 0 amide bonds. The lowest BCUT2D eigenvalue weighted by atomic mass is 9.89. The van der Waals surface area contributed by atoms with Gasteiger partial charge in [0.25, 0.3) is 10.0 Å². The quantitative estimate of drug-likeness (QED) is 0.570. The van der Waals surface area contributed by atoms with Crippen molar-refractivity contribution in [3.8, 4) is 0 Å². The van der Waals surface area contributed by atoms with Gasteiger partial charge in [0.15, 0.2) is 4.21 Å². The van der Waals surface area contributed by atoms with Crippen LogP contribution in [0.4, 0.5) is 0 Å². The molecule has 0 N–H and O–H groups in total. The minimum atomic E-state index is -3.65. The van der Waals surface area contributed by atoms with E-state index in [9.17, 15) is 18.0 Å². The highest BCUT2D eigenvalue weighted by Gasteiger charge is 2.49. The summed E-state index contributed by atoms with van der Waals surface area (Å²) in [5, 5.41) is 0.661. The molecule has 1 aromatic rings. The van der Waals surface area contributed by atoms with E-state index in [1.807, 2.05) is 0 Å². The van der Waals surface area contributed by atoms with Gasteiger partial charge in [0.2, 0.25) is 0 Å². The van der Waals surface area contributed by atoms with Crippen LogP contribution in [0.15, 0.2) is 10.4 Å². The molecule has 0 bridgehead atoms. The molecule has 2 aliphatic heterocycles. The summed E-state index contributed by atoms with van der Waals surface area (Å²) in [6.07, 6.45) is 1.63. The zero-order valence-electron chi connectivity index (χ0n) is 10.6. The van der Waals surface area contributed by atoms with Crippen LogP contribution in [-0.2, 0) is 24.3 Å². The molecule has 0 spiro atoms. The topological polar surface area (TPSA) is 93.6 Å². The van der Waals surface area contributed by atoms with Crippen LogP contribution in [0, 0.1) is 18.8 Å². The molecule has 2 saturated heterocycles. The standard InChI is InChI=1S/C11H12N2O5S2/c1-6-12-4-9(19-6)20(16,17)13-3-2-7-8(5-13)11(15)18-10(7)14/h4,7-8H,2-3,5H2,1H3. The molecule has 3 rings (SSSR count). The van der Waals surface area contributed by atoms with Crippen LogP contribution in [0.25, 0.3) is 0 Å². The molecule has 1 aromatic heterocycles. The zero-order valence-corrected chi connectivity index (χ0v) is 12.2. The van der Waals surface area contributed by atoms with Gasteiger partial charge in [0.1, 0.15) is 0 Å². The average molecular weight is 316 g/mol. The van der Waals surface area contributed by atoms with Crippen molar-refractivity contribution in [3.63, 3.8) is 0 Å². The second kappa shape index (κ2) is 4.61. The Morgan fingerprint density at radius 1 is 1.35 bits per heavy atom. The van der Waals surface area contributed by atoms with E-state index in [-0.39, 0.29) is 17.3 Å². The van der Waals surface area contributed by atoms with Crippen LogP contribution < -0.4 is 0 Å². The molecule has 20 heavy (non-hydrogen) atoms. The largest absolute Gasteiger partial charge is 0.393 e. The summed E-state index contributed by atoms with van der Waals surface area (Å²) in [5.41, 5.74) is 0. The van der Waals surface area contributed by atoms with Crippen LogP contribution in [0.5, 0.6) is 0 Å². The van der Waals surface area contributed by atoms with Gasteiger partial charge in [-0.1, -0.05) is 0 Å². The Labute approximate surface area is 119 Å². The van der Waals surface area contributed by atoms with Crippen LogP contribution in [0.1, 0.15) is 11.4 Å². The maximum absolute atomic E-state index is 12.4. The number of nitrogens with zero attached hydrogens (tertiary/aromatic N) is 2. The summed E-state index contributed by atoms with van der Waals surface area (Å²) in [6.45, 7) is 1.93. The Morgan fingerprint density at radius 2 is 2.05 bits per heavy atom. The third kappa shape index (κ3) is 2.05. The minimum absolute atomic E-state index is 0.00544. The Balaban J connectivity index is 1.86. The van der Waals surface area contributed by atoms with Crippen molar-refractivity contribution in [3.05, 3.63) is 11.2 Å². The fourth-order valence-corrected chi connectivity index (χ4v) is 5.24. The van der Waals surface area contributed by atoms with Crippen LogP contribution in [0.2, 0.25) is 0 Å². The lowest BCUT2D eigenvalue weighted by Gasteiger charge is -2.30. The molecule has 0 aromatic carbocycles. The number of hydrogen-bond acceptors (Lipinski definition) is 7. The first-order valence-electron chi connectivity index (χ1n) is 6.07. The molecular formula is C11H12N2O5S2. The molecule has 9 heteroatoms. The van der Waals surface area contributed by atoms with E-state index in [0.717, 1.165) is 11.3 Å². The predicted octanol–water partition coefficient (Wildman–Crippen LogP) is 0.162. The molecule has 2 unspecified atom stereocenters. The highest BCUT2D eigenvalue weighted by Crippen LogP contribution is 2.34. The van der Waals surface area contributed by atoms with Crippen molar-refractivity contribution in [1.29, 1.82) is 0 Å². The predicted molar refractivity (Wildman–Crippen MR) is 68.3 cm³/mol. The summed E-state index contributed by atoms with van der Waals surface area (Å²) >= 11 is 1.09. The summed E-state index contributed by atoms with van der Waals surface area (Å²) in [7, 11) is -3.65. The zero-order chi connectivity index (χ0) is 14.5. The molecule has 0 radical (unpaired) electrons. The minimum Gasteiger partial charge on any atom is -0.393 e. The molecule has 108 valence electrons. The number of aryl methyl sites for hydroxylation is 1. The third-order valence-electron chi connectivity index (χ3n) is 3.58. The third-order valence-corrected chi connectivity index (χ3v) is 6.79. The van der Waals surface area contributed by atoms with Crippen LogP contribution in [-0.4, -0.2) is 42.7 Å². The Morgan fingerprint density at radius 3 is 2.70 bits per heavy atom. The molecule has 2 fully saturated rings. The number of rotatable bonds is 2. The van der Waals surface area contributed by atoms with Crippen molar-refractivity contribution >= 4 is 33.3 Å². The molecule has 0 saturated carbocycles. The van der Waals surface area contributed by atoms with E-state index >= 15 is 0 Å². The van der Waals surface area contributed by atoms with E-state index in [2.05, 4.69) is 9.72 Å². The lowest BCUT2D eigenvalue weighted by molar-refractivity contribution is -0.153. The Bertz CT molecular complexity index is 681. The monoisotopic (exact) mass is 316 g/mol. The lowest BCUT2D eigenvalue weighted by Crippen LogP contribution is -2.44. The van der Waals surface area contributed by atoms with Crippen molar-refractivity contribution in [2.75, 3.05) is 13.1 Å².